The van der Waals surface area contributed by atoms with E-state index in [-0.39, 0.29) is 23.9 Å². The third-order valence-corrected chi connectivity index (χ3v) is 12.2. The Bertz CT molecular complexity index is 2400. The molecule has 0 radical (unpaired) electrons. The Kier molecular flexibility index (Phi) is 12.1. The lowest BCUT2D eigenvalue weighted by molar-refractivity contribution is 0.0193. The highest BCUT2D eigenvalue weighted by molar-refractivity contribution is 6.08. The third-order valence-electron chi connectivity index (χ3n) is 12.2. The molecule has 1 atom stereocenters. The maximum atomic E-state index is 15.4. The molecule has 8 rings (SSSR count). The van der Waals surface area contributed by atoms with Crippen molar-refractivity contribution in [3.05, 3.63) is 142 Å². The van der Waals surface area contributed by atoms with Crippen LogP contribution in [0, 0.1) is 6.92 Å². The molecule has 4 aromatic carbocycles. The number of rotatable bonds is 9. The number of hydrogen-bond donors (Lipinski definition) is 0. The molecule has 1 saturated heterocycles. The van der Waals surface area contributed by atoms with Crippen molar-refractivity contribution in [2.45, 2.75) is 71.9 Å². The zero-order chi connectivity index (χ0) is 42.8. The molecule has 0 saturated carbocycles. The fraction of sp³-hybridized carbons (Fsp3) is 0.380. The number of anilines is 1. The largest absolute Gasteiger partial charge is 0.489 e. The van der Waals surface area contributed by atoms with E-state index in [1.165, 1.54) is 5.56 Å². The second kappa shape index (κ2) is 17.6. The zero-order valence-corrected chi connectivity index (χ0v) is 36.3. The van der Waals surface area contributed by atoms with Gasteiger partial charge in [-0.15, -0.1) is 0 Å². The van der Waals surface area contributed by atoms with Gasteiger partial charge in [0.25, 0.3) is 11.8 Å². The molecule has 0 bridgehead atoms. The van der Waals surface area contributed by atoms with Gasteiger partial charge < -0.3 is 33.5 Å². The summed E-state index contributed by atoms with van der Waals surface area (Å²) in [5.41, 5.74) is 9.02. The second-order valence-corrected chi connectivity index (χ2v) is 17.5. The third kappa shape index (κ3) is 9.23. The van der Waals surface area contributed by atoms with Crippen molar-refractivity contribution in [3.8, 4) is 17.0 Å². The van der Waals surface area contributed by atoms with Crippen molar-refractivity contribution in [1.29, 1.82) is 0 Å². The van der Waals surface area contributed by atoms with Crippen LogP contribution in [0.25, 0.3) is 11.3 Å². The summed E-state index contributed by atoms with van der Waals surface area (Å²) in [6, 6.07) is 31.9. The fourth-order valence-corrected chi connectivity index (χ4v) is 8.68. The summed E-state index contributed by atoms with van der Waals surface area (Å²) < 4.78 is 19.5. The molecule has 318 valence electrons. The van der Waals surface area contributed by atoms with Crippen LogP contribution < -0.4 is 9.64 Å². The summed E-state index contributed by atoms with van der Waals surface area (Å²) in [6.07, 6.45) is 0.990. The van der Waals surface area contributed by atoms with Crippen LogP contribution in [0.4, 0.5) is 10.5 Å². The molecule has 11 nitrogen and oxygen atoms in total. The number of nitrogens with zero attached hydrogens (tertiary/aromatic N) is 5. The number of carbonyl (C=O) groups is 3. The first-order valence-corrected chi connectivity index (χ1v) is 21.4. The van der Waals surface area contributed by atoms with Gasteiger partial charge in [0.1, 0.15) is 18.0 Å². The van der Waals surface area contributed by atoms with Crippen LogP contribution >= 0.6 is 0 Å². The average Bonchev–Trinajstić information content (AvgIpc) is 3.56. The van der Waals surface area contributed by atoms with Crippen LogP contribution in [0.1, 0.15) is 75.0 Å². The van der Waals surface area contributed by atoms with E-state index in [0.29, 0.717) is 57.0 Å². The highest BCUT2D eigenvalue weighted by Gasteiger charge is 2.35. The maximum Gasteiger partial charge on any atom is 0.410 e. The molecule has 3 aliphatic rings. The number of carbonyl (C=O) groups excluding carboxylic acids is 3. The van der Waals surface area contributed by atoms with Crippen LogP contribution in [-0.2, 0) is 49.1 Å². The fourth-order valence-electron chi connectivity index (χ4n) is 8.68. The Balaban J connectivity index is 1.13. The molecular weight excluding hydrogens is 767 g/mol. The van der Waals surface area contributed by atoms with Gasteiger partial charge in [-0.3, -0.25) is 14.5 Å². The van der Waals surface area contributed by atoms with Crippen molar-refractivity contribution < 1.29 is 28.6 Å². The molecule has 61 heavy (non-hydrogen) atoms. The zero-order valence-electron chi connectivity index (χ0n) is 36.3. The van der Waals surface area contributed by atoms with Crippen molar-refractivity contribution in [3.63, 3.8) is 0 Å². The topological polar surface area (TPSA) is 96.8 Å². The number of ether oxygens (including phenoxy) is 3. The Morgan fingerprint density at radius 3 is 2.23 bits per heavy atom. The minimum Gasteiger partial charge on any atom is -0.489 e. The van der Waals surface area contributed by atoms with Gasteiger partial charge in [0.05, 0.1) is 18.8 Å². The Morgan fingerprint density at radius 2 is 1.51 bits per heavy atom. The molecule has 0 unspecified atom stereocenters. The van der Waals surface area contributed by atoms with E-state index in [1.54, 1.807) is 16.8 Å². The molecular formula is C50H57N5O6. The van der Waals surface area contributed by atoms with Crippen LogP contribution in [0.15, 0.2) is 97.1 Å². The maximum absolute atomic E-state index is 15.4. The minimum atomic E-state index is -0.629. The standard InChI is InChI=1S/C50H57N5O6/c1-34-43(47(56)52(6)40-16-18-42(19-17-40)60-33-35-12-8-7-9-13-35)29-46(51(34)5)44-27-37-20-21-54(49(58)61-50(2,3)4)30-39(37)28-45(44)48(57)55-31-38-15-11-10-14-36(38)26-41(55)32-53-22-24-59-25-23-53/h7-19,27-29,41H,20-26,30-33H2,1-6H3/t41-/m0/s1. The predicted octanol–water partition coefficient (Wildman–Crippen LogP) is 8.05. The number of hydrogen-bond acceptors (Lipinski definition) is 7. The number of benzene rings is 4. The quantitative estimate of drug-likeness (QED) is 0.149. The van der Waals surface area contributed by atoms with Gasteiger partial charge in [0.15, 0.2) is 0 Å². The number of aromatic nitrogens is 1. The van der Waals surface area contributed by atoms with E-state index in [0.717, 1.165) is 76.7 Å². The van der Waals surface area contributed by atoms with Crippen molar-refractivity contribution in [1.82, 2.24) is 19.3 Å². The Morgan fingerprint density at radius 1 is 0.803 bits per heavy atom. The molecule has 0 N–H and O–H groups in total. The van der Waals surface area contributed by atoms with Crippen molar-refractivity contribution in [2.24, 2.45) is 7.05 Å². The van der Waals surface area contributed by atoms with E-state index >= 15 is 4.79 Å². The molecule has 11 heteroatoms. The van der Waals surface area contributed by atoms with E-state index in [4.69, 9.17) is 14.2 Å². The van der Waals surface area contributed by atoms with Gasteiger partial charge in [0, 0.05) is 87.6 Å². The molecule has 0 spiro atoms. The first-order chi connectivity index (χ1) is 29.3. The monoisotopic (exact) mass is 823 g/mol. The second-order valence-electron chi connectivity index (χ2n) is 17.5. The smallest absolute Gasteiger partial charge is 0.410 e. The van der Waals surface area contributed by atoms with Gasteiger partial charge in [-0.2, -0.15) is 0 Å². The molecule has 3 aliphatic heterocycles. The van der Waals surface area contributed by atoms with E-state index in [2.05, 4.69) is 29.2 Å². The van der Waals surface area contributed by atoms with Crippen molar-refractivity contribution >= 4 is 23.6 Å². The summed E-state index contributed by atoms with van der Waals surface area (Å²) in [5.74, 6) is 0.488. The Hall–Kier alpha value is -5.91. The predicted molar refractivity (Wildman–Crippen MR) is 237 cm³/mol. The summed E-state index contributed by atoms with van der Waals surface area (Å²) in [5, 5.41) is 0. The number of morpholine rings is 1. The molecule has 4 heterocycles. The summed E-state index contributed by atoms with van der Waals surface area (Å²) in [7, 11) is 3.73. The van der Waals surface area contributed by atoms with Gasteiger partial charge in [-0.25, -0.2) is 4.79 Å². The lowest BCUT2D eigenvalue weighted by Crippen LogP contribution is -2.52. The molecule has 5 aromatic rings. The van der Waals surface area contributed by atoms with Crippen LogP contribution in [0.5, 0.6) is 5.75 Å². The molecule has 0 aliphatic carbocycles. The highest BCUT2D eigenvalue weighted by atomic mass is 16.6. The van der Waals surface area contributed by atoms with Gasteiger partial charge >= 0.3 is 6.09 Å². The first-order valence-electron chi connectivity index (χ1n) is 21.4. The van der Waals surface area contributed by atoms with Gasteiger partial charge in [-0.05, 0) is 111 Å². The summed E-state index contributed by atoms with van der Waals surface area (Å²) in [4.78, 5) is 50.9. The first kappa shape index (κ1) is 41.8. The van der Waals surface area contributed by atoms with E-state index < -0.39 is 5.60 Å². The number of fused-ring (bicyclic) bond motifs is 2. The molecule has 1 aromatic heterocycles. The molecule has 3 amide bonds. The van der Waals surface area contributed by atoms with Gasteiger partial charge in [0.2, 0.25) is 0 Å². The van der Waals surface area contributed by atoms with E-state index in [9.17, 15) is 9.59 Å². The average molecular weight is 824 g/mol. The van der Waals surface area contributed by atoms with Crippen LogP contribution in [-0.4, -0.2) is 95.3 Å². The number of amides is 3. The van der Waals surface area contributed by atoms with Gasteiger partial charge in [-0.1, -0.05) is 54.6 Å². The normalized spacial score (nSPS) is 16.7. The Labute approximate surface area is 359 Å². The van der Waals surface area contributed by atoms with E-state index in [1.807, 2.05) is 117 Å². The highest BCUT2D eigenvalue weighted by Crippen LogP contribution is 2.36. The molecule has 1 fully saturated rings. The lowest BCUT2D eigenvalue weighted by atomic mass is 9.89. The summed E-state index contributed by atoms with van der Waals surface area (Å²) >= 11 is 0. The SMILES string of the molecule is Cc1c(C(=O)N(C)c2ccc(OCc3ccccc3)cc2)cc(-c2cc3c(cc2C(=O)N2Cc4ccccc4C[C@H]2CN2CCOCC2)CN(C(=O)OC(C)(C)C)CC3)n1C. The minimum absolute atomic E-state index is 0.0568. The van der Waals surface area contributed by atoms with Crippen LogP contribution in [0.3, 0.4) is 0 Å². The van der Waals surface area contributed by atoms with Crippen molar-refractivity contribution in [2.75, 3.05) is 51.3 Å². The lowest BCUT2D eigenvalue weighted by Gasteiger charge is -2.41. The van der Waals surface area contributed by atoms with Crippen LogP contribution in [0.2, 0.25) is 0 Å². The summed E-state index contributed by atoms with van der Waals surface area (Å²) in [6.45, 7) is 13.1.